The van der Waals surface area contributed by atoms with Crippen LogP contribution in [0.4, 0.5) is 5.88 Å². The maximum Gasteiger partial charge on any atom is 0.433 e. The van der Waals surface area contributed by atoms with Crippen molar-refractivity contribution in [2.45, 2.75) is 26.2 Å². The molecule has 1 heterocycles. The summed E-state index contributed by atoms with van der Waals surface area (Å²) in [6.45, 7) is 1.98. The monoisotopic (exact) mass is 239 g/mol. The fraction of sp³-hybridized carbons (Fsp3) is 0.400. The summed E-state index contributed by atoms with van der Waals surface area (Å²) in [7, 11) is 0. The van der Waals surface area contributed by atoms with Crippen LogP contribution in [0, 0.1) is 10.1 Å². The summed E-state index contributed by atoms with van der Waals surface area (Å²) < 4.78 is 4.81. The normalized spacial score (nSPS) is 10.6. The number of amides is 1. The van der Waals surface area contributed by atoms with Crippen LogP contribution in [0.2, 0.25) is 0 Å². The van der Waals surface area contributed by atoms with E-state index in [1.54, 1.807) is 0 Å². The van der Waals surface area contributed by atoms with Gasteiger partial charge in [-0.25, -0.2) is 5.43 Å². The second-order valence-electron chi connectivity index (χ2n) is 3.33. The zero-order valence-corrected chi connectivity index (χ0v) is 9.38. The van der Waals surface area contributed by atoms with E-state index < -0.39 is 4.92 Å². The number of hydrazone groups is 1. The van der Waals surface area contributed by atoms with Gasteiger partial charge in [0.25, 0.3) is 0 Å². The highest BCUT2D eigenvalue weighted by Crippen LogP contribution is 2.13. The Labute approximate surface area is 97.6 Å². The molecule has 0 aromatic carbocycles. The molecule has 7 heteroatoms. The summed E-state index contributed by atoms with van der Waals surface area (Å²) in [5, 5.41) is 13.9. The van der Waals surface area contributed by atoms with E-state index in [4.69, 9.17) is 4.42 Å². The van der Waals surface area contributed by atoms with Crippen molar-refractivity contribution in [2.75, 3.05) is 0 Å². The summed E-state index contributed by atoms with van der Waals surface area (Å²) in [5.41, 5.74) is 2.31. The number of nitrogens with zero attached hydrogens (tertiary/aromatic N) is 2. The maximum absolute atomic E-state index is 11.1. The third-order valence-corrected chi connectivity index (χ3v) is 1.93. The first-order chi connectivity index (χ1) is 8.13. The summed E-state index contributed by atoms with van der Waals surface area (Å²) in [5.74, 6) is -0.333. The van der Waals surface area contributed by atoms with Gasteiger partial charge in [-0.15, -0.1) is 0 Å². The van der Waals surface area contributed by atoms with Crippen molar-refractivity contribution in [1.82, 2.24) is 5.43 Å². The highest BCUT2D eigenvalue weighted by molar-refractivity contribution is 5.80. The predicted molar refractivity (Wildman–Crippen MR) is 60.6 cm³/mol. The van der Waals surface area contributed by atoms with Crippen LogP contribution in [0.15, 0.2) is 21.7 Å². The molecule has 1 aromatic rings. The highest BCUT2D eigenvalue weighted by atomic mass is 16.6. The Morgan fingerprint density at radius 2 is 2.41 bits per heavy atom. The summed E-state index contributed by atoms with van der Waals surface area (Å²) >= 11 is 0. The number of hydrogen-bond donors (Lipinski definition) is 1. The Morgan fingerprint density at radius 3 is 3.00 bits per heavy atom. The van der Waals surface area contributed by atoms with Crippen molar-refractivity contribution in [1.29, 1.82) is 0 Å². The molecule has 0 aliphatic rings. The van der Waals surface area contributed by atoms with Crippen LogP contribution in [0.1, 0.15) is 31.9 Å². The van der Waals surface area contributed by atoms with E-state index in [0.29, 0.717) is 6.42 Å². The van der Waals surface area contributed by atoms with Crippen LogP contribution in [-0.4, -0.2) is 17.0 Å². The van der Waals surface area contributed by atoms with E-state index >= 15 is 0 Å². The Balaban J connectivity index is 2.42. The number of hydrogen-bond acceptors (Lipinski definition) is 5. The summed E-state index contributed by atoms with van der Waals surface area (Å²) in [4.78, 5) is 20.8. The lowest BCUT2D eigenvalue weighted by molar-refractivity contribution is -0.402. The quantitative estimate of drug-likeness (QED) is 0.465. The van der Waals surface area contributed by atoms with Gasteiger partial charge in [0, 0.05) is 6.42 Å². The fourth-order valence-corrected chi connectivity index (χ4v) is 1.07. The van der Waals surface area contributed by atoms with Crippen molar-refractivity contribution >= 4 is 18.0 Å². The van der Waals surface area contributed by atoms with Gasteiger partial charge in [-0.05, 0) is 12.5 Å². The largest absolute Gasteiger partial charge is 0.433 e. The molecule has 0 radical (unpaired) electrons. The highest BCUT2D eigenvalue weighted by Gasteiger charge is 2.10. The van der Waals surface area contributed by atoms with E-state index in [2.05, 4.69) is 10.5 Å². The van der Waals surface area contributed by atoms with Crippen LogP contribution in [0.25, 0.3) is 0 Å². The number of nitro groups is 1. The van der Waals surface area contributed by atoms with E-state index in [1.165, 1.54) is 18.3 Å². The average molecular weight is 239 g/mol. The van der Waals surface area contributed by atoms with Crippen LogP contribution < -0.4 is 5.43 Å². The van der Waals surface area contributed by atoms with E-state index in [9.17, 15) is 14.9 Å². The lowest BCUT2D eigenvalue weighted by atomic mass is 10.2. The topological polar surface area (TPSA) is 97.7 Å². The number of carbonyl (C=O) groups is 1. The van der Waals surface area contributed by atoms with Crippen LogP contribution in [0.3, 0.4) is 0 Å². The van der Waals surface area contributed by atoms with E-state index in [1.807, 2.05) is 6.92 Å². The molecule has 17 heavy (non-hydrogen) atoms. The van der Waals surface area contributed by atoms with Crippen LogP contribution >= 0.6 is 0 Å². The Morgan fingerprint density at radius 1 is 1.65 bits per heavy atom. The molecule has 92 valence electrons. The molecule has 0 bridgehead atoms. The lowest BCUT2D eigenvalue weighted by Gasteiger charge is -1.96. The average Bonchev–Trinajstić information content (AvgIpc) is 2.75. The molecule has 0 saturated heterocycles. The first-order valence-electron chi connectivity index (χ1n) is 5.19. The first kappa shape index (κ1) is 12.9. The zero-order chi connectivity index (χ0) is 12.7. The minimum atomic E-state index is -0.642. The molecular formula is C10H13N3O4. The van der Waals surface area contributed by atoms with Gasteiger partial charge in [0.15, 0.2) is 5.76 Å². The third kappa shape index (κ3) is 4.45. The molecule has 1 rings (SSSR count). The zero-order valence-electron chi connectivity index (χ0n) is 9.38. The number of carbonyl (C=O) groups excluding carboxylic acids is 1. The van der Waals surface area contributed by atoms with Gasteiger partial charge in [-0.1, -0.05) is 13.3 Å². The second kappa shape index (κ2) is 6.41. The van der Waals surface area contributed by atoms with Gasteiger partial charge in [-0.3, -0.25) is 14.9 Å². The van der Waals surface area contributed by atoms with Gasteiger partial charge >= 0.3 is 5.88 Å². The molecular weight excluding hydrogens is 226 g/mol. The Bertz CT molecular complexity index is 425. The lowest BCUT2D eigenvalue weighted by Crippen LogP contribution is -2.16. The molecule has 0 atom stereocenters. The van der Waals surface area contributed by atoms with Gasteiger partial charge in [0.05, 0.1) is 12.3 Å². The summed E-state index contributed by atoms with van der Waals surface area (Å²) in [6, 6.07) is 2.63. The van der Waals surface area contributed by atoms with Gasteiger partial charge < -0.3 is 4.42 Å². The third-order valence-electron chi connectivity index (χ3n) is 1.93. The molecule has 7 nitrogen and oxygen atoms in total. The number of rotatable bonds is 6. The number of unbranched alkanes of at least 4 members (excludes halogenated alkanes) is 1. The Kier molecular flexibility index (Phi) is 4.86. The van der Waals surface area contributed by atoms with E-state index in [-0.39, 0.29) is 17.6 Å². The predicted octanol–water partition coefficient (Wildman–Crippen LogP) is 1.83. The van der Waals surface area contributed by atoms with Gasteiger partial charge in [-0.2, -0.15) is 5.10 Å². The Hall–Kier alpha value is -2.18. The minimum absolute atomic E-state index is 0.191. The first-order valence-corrected chi connectivity index (χ1v) is 5.19. The standard InChI is InChI=1S/C10H13N3O4/c1-2-3-4-9(14)12-11-7-8-5-6-10(17-8)13(15)16/h5-7H,2-4H2,1H3,(H,12,14)/b11-7+. The van der Waals surface area contributed by atoms with Crippen molar-refractivity contribution in [3.8, 4) is 0 Å². The SMILES string of the molecule is CCCCC(=O)N/N=C/c1ccc([N+](=O)[O-])o1. The number of furan rings is 1. The second-order valence-corrected chi connectivity index (χ2v) is 3.33. The molecule has 1 N–H and O–H groups in total. The van der Waals surface area contributed by atoms with Crippen molar-refractivity contribution in [2.24, 2.45) is 5.10 Å². The molecule has 0 aliphatic carbocycles. The molecule has 0 spiro atoms. The van der Waals surface area contributed by atoms with Gasteiger partial charge in [0.2, 0.25) is 5.91 Å². The van der Waals surface area contributed by atoms with Crippen molar-refractivity contribution in [3.05, 3.63) is 28.0 Å². The fourth-order valence-electron chi connectivity index (χ4n) is 1.07. The van der Waals surface area contributed by atoms with Gasteiger partial charge in [0.1, 0.15) is 4.92 Å². The number of nitrogens with one attached hydrogen (secondary N) is 1. The molecule has 1 aromatic heterocycles. The van der Waals surface area contributed by atoms with Crippen molar-refractivity contribution in [3.63, 3.8) is 0 Å². The minimum Gasteiger partial charge on any atom is -0.400 e. The smallest absolute Gasteiger partial charge is 0.400 e. The van der Waals surface area contributed by atoms with Crippen LogP contribution in [-0.2, 0) is 4.79 Å². The molecule has 0 fully saturated rings. The van der Waals surface area contributed by atoms with Crippen molar-refractivity contribution < 1.29 is 14.1 Å². The molecule has 0 unspecified atom stereocenters. The molecule has 0 saturated carbocycles. The van der Waals surface area contributed by atoms with Crippen LogP contribution in [0.5, 0.6) is 0 Å². The molecule has 1 amide bonds. The van der Waals surface area contributed by atoms with E-state index in [0.717, 1.165) is 12.8 Å². The summed E-state index contributed by atoms with van der Waals surface area (Å²) in [6.07, 6.45) is 3.36. The molecule has 0 aliphatic heterocycles. The maximum atomic E-state index is 11.1.